The van der Waals surface area contributed by atoms with Crippen molar-refractivity contribution in [2.24, 2.45) is 26.1 Å². The molecule has 0 unspecified atom stereocenters. The summed E-state index contributed by atoms with van der Waals surface area (Å²) >= 11 is 0. The number of carbonyl (C=O) groups excluding carboxylic acids is 5. The van der Waals surface area contributed by atoms with Crippen LogP contribution in [0.25, 0.3) is 10.9 Å². The van der Waals surface area contributed by atoms with E-state index in [9.17, 15) is 24.0 Å². The van der Waals surface area contributed by atoms with E-state index in [0.717, 1.165) is 10.9 Å². The van der Waals surface area contributed by atoms with Gasteiger partial charge in [-0.1, -0.05) is 12.2 Å². The van der Waals surface area contributed by atoms with Crippen LogP contribution >= 0.6 is 0 Å². The van der Waals surface area contributed by atoms with Gasteiger partial charge >= 0.3 is 0 Å². The van der Waals surface area contributed by atoms with Crippen LogP contribution in [0.15, 0.2) is 103 Å². The van der Waals surface area contributed by atoms with E-state index in [1.165, 1.54) is 4.57 Å². The van der Waals surface area contributed by atoms with Gasteiger partial charge in [-0.05, 0) is 73.0 Å². The Bertz CT molecular complexity index is 2830. The minimum atomic E-state index is -0.416. The van der Waals surface area contributed by atoms with E-state index in [1.807, 2.05) is 31.2 Å². The van der Waals surface area contributed by atoms with Gasteiger partial charge in [0.15, 0.2) is 11.6 Å². The topological polar surface area (TPSA) is 193 Å². The van der Waals surface area contributed by atoms with Crippen molar-refractivity contribution in [1.29, 1.82) is 0 Å². The van der Waals surface area contributed by atoms with Crippen LogP contribution < -0.4 is 21.1 Å². The number of aryl methyl sites for hydroxylation is 4. The summed E-state index contributed by atoms with van der Waals surface area (Å²) in [5.74, 6) is -0.459. The normalized spacial score (nSPS) is 14.2. The number of ketones is 1. The molecule has 6 aromatic rings. The summed E-state index contributed by atoms with van der Waals surface area (Å²) in [6.45, 7) is 2.11. The molecule has 60 heavy (non-hydrogen) atoms. The number of nitrogens with zero attached hydrogens (tertiary/aromatic N) is 7. The number of hydrogen-bond acceptors (Lipinski definition) is 9. The Morgan fingerprint density at radius 1 is 0.900 bits per heavy atom. The molecule has 4 N–H and O–H groups in total. The molecule has 0 aliphatic carbocycles. The molecule has 0 saturated carbocycles. The zero-order chi connectivity index (χ0) is 42.2. The molecule has 304 valence electrons. The highest BCUT2D eigenvalue weighted by Crippen LogP contribution is 2.33. The number of hydrogen-bond donors (Lipinski definition) is 3. The summed E-state index contributed by atoms with van der Waals surface area (Å²) in [6.07, 6.45) is 16.2. The van der Waals surface area contributed by atoms with Crippen molar-refractivity contribution in [3.05, 3.63) is 132 Å². The Balaban J connectivity index is 0.833. The van der Waals surface area contributed by atoms with Gasteiger partial charge in [0.25, 0.3) is 17.7 Å². The summed E-state index contributed by atoms with van der Waals surface area (Å²) in [7, 11) is 5.10. The van der Waals surface area contributed by atoms with Crippen molar-refractivity contribution in [2.75, 3.05) is 23.0 Å². The molecular weight excluding hydrogens is 765 g/mol. The van der Waals surface area contributed by atoms with Gasteiger partial charge < -0.3 is 39.7 Å². The van der Waals surface area contributed by atoms with Crippen LogP contribution in [0.5, 0.6) is 5.75 Å². The van der Waals surface area contributed by atoms with E-state index in [2.05, 4.69) is 20.6 Å². The van der Waals surface area contributed by atoms with Crippen molar-refractivity contribution in [3.63, 3.8) is 0 Å². The van der Waals surface area contributed by atoms with Crippen LogP contribution in [-0.4, -0.2) is 76.4 Å². The lowest BCUT2D eigenvalue weighted by Gasteiger charge is -2.24. The number of fused-ring (bicyclic) bond motifs is 3. The highest BCUT2D eigenvalue weighted by Gasteiger charge is 2.27. The molecule has 0 bridgehead atoms. The summed E-state index contributed by atoms with van der Waals surface area (Å²) in [5.41, 5.74) is 10.7. The Morgan fingerprint density at radius 2 is 1.72 bits per heavy atom. The molecule has 8 rings (SSSR count). The summed E-state index contributed by atoms with van der Waals surface area (Å²) < 4.78 is 12.3. The maximum absolute atomic E-state index is 13.5. The van der Waals surface area contributed by atoms with E-state index in [-0.39, 0.29) is 60.6 Å². The smallest absolute Gasteiger partial charge is 0.279 e. The van der Waals surface area contributed by atoms with Crippen LogP contribution in [0, 0.1) is 6.92 Å². The highest BCUT2D eigenvalue weighted by molar-refractivity contribution is 6.07. The number of ether oxygens (including phenoxy) is 1. The summed E-state index contributed by atoms with van der Waals surface area (Å²) in [5, 5.41) is 6.45. The summed E-state index contributed by atoms with van der Waals surface area (Å²) in [6, 6.07) is 13.7. The average molecular weight is 807 g/mol. The van der Waals surface area contributed by atoms with E-state index in [4.69, 9.17) is 10.5 Å². The fourth-order valence-electron chi connectivity index (χ4n) is 7.37. The quantitative estimate of drug-likeness (QED) is 0.0795. The summed E-state index contributed by atoms with van der Waals surface area (Å²) in [4.78, 5) is 76.7. The van der Waals surface area contributed by atoms with E-state index in [1.54, 1.807) is 119 Å². The first-order valence-corrected chi connectivity index (χ1v) is 19.2. The fraction of sp³-hybridized carbons (Fsp3) is 0.205. The maximum Gasteiger partial charge on any atom is 0.279 e. The second-order valence-corrected chi connectivity index (χ2v) is 14.8. The number of amides is 3. The Kier molecular flexibility index (Phi) is 10.4. The van der Waals surface area contributed by atoms with Crippen LogP contribution in [0.3, 0.4) is 0 Å². The molecule has 0 spiro atoms. The number of allylic oxidation sites excluding steroid dienone is 2. The Labute approximate surface area is 344 Å². The number of benzene rings is 2. The van der Waals surface area contributed by atoms with Gasteiger partial charge in [-0.3, -0.25) is 33.5 Å². The third-order valence-electron chi connectivity index (χ3n) is 10.4. The number of aliphatic imine (C=N–C) groups is 1. The van der Waals surface area contributed by atoms with Crippen molar-refractivity contribution >= 4 is 69.4 Å². The van der Waals surface area contributed by atoms with E-state index < -0.39 is 5.91 Å². The number of rotatable bonds is 12. The number of anilines is 3. The first-order chi connectivity index (χ1) is 28.8. The molecule has 0 radical (unpaired) electrons. The molecule has 0 saturated heterocycles. The molecule has 2 aliphatic rings. The number of nitrogens with two attached hydrogens (primary N) is 1. The number of nitrogens with one attached hydrogen (secondary N) is 2. The second kappa shape index (κ2) is 15.9. The third-order valence-corrected chi connectivity index (χ3v) is 10.4. The van der Waals surface area contributed by atoms with Crippen molar-refractivity contribution in [3.8, 4) is 5.75 Å². The lowest BCUT2D eigenvalue weighted by molar-refractivity contribution is -0.116. The first kappa shape index (κ1) is 39.1. The molecule has 16 heteroatoms. The predicted molar refractivity (Wildman–Crippen MR) is 227 cm³/mol. The molecule has 16 nitrogen and oxygen atoms in total. The molecule has 4 aromatic heterocycles. The molecule has 2 aromatic carbocycles. The number of aromatic nitrogens is 5. The van der Waals surface area contributed by atoms with Crippen molar-refractivity contribution < 1.29 is 28.7 Å². The fourth-order valence-corrected chi connectivity index (χ4v) is 7.37. The monoisotopic (exact) mass is 806 g/mol. The van der Waals surface area contributed by atoms with Gasteiger partial charge in [0.2, 0.25) is 11.7 Å². The van der Waals surface area contributed by atoms with Crippen LogP contribution in [0.2, 0.25) is 0 Å². The maximum atomic E-state index is 13.5. The predicted octanol–water partition coefficient (Wildman–Crippen LogP) is 5.72. The van der Waals surface area contributed by atoms with E-state index >= 15 is 0 Å². The van der Waals surface area contributed by atoms with Crippen LogP contribution in [-0.2, 0) is 32.4 Å². The Morgan fingerprint density at radius 3 is 2.55 bits per heavy atom. The van der Waals surface area contributed by atoms with Gasteiger partial charge in [0, 0.05) is 88.3 Å². The number of nitrogen functional groups attached to an aromatic ring is 1. The van der Waals surface area contributed by atoms with Gasteiger partial charge in [-0.15, -0.1) is 0 Å². The zero-order valence-electron chi connectivity index (χ0n) is 33.4. The van der Waals surface area contributed by atoms with Gasteiger partial charge in [0.05, 0.1) is 35.1 Å². The van der Waals surface area contributed by atoms with Gasteiger partial charge in [-0.2, -0.15) is 0 Å². The molecular formula is C44H42N10O6. The number of Topliss-reactive ketones (excluding diaryl/α,β-unsaturated/α-hetero) is 1. The molecule has 3 amide bonds. The van der Waals surface area contributed by atoms with Crippen molar-refractivity contribution in [2.45, 2.75) is 32.2 Å². The molecule has 0 fully saturated rings. The lowest BCUT2D eigenvalue weighted by Crippen LogP contribution is -2.36. The van der Waals surface area contributed by atoms with Crippen LogP contribution in [0.4, 0.5) is 22.9 Å². The standard InChI is InChI=1S/C44H42N10O6/c1-26-16-32-33(46-22-31-8-5-6-13-53(31)43(32)58)21-38(26)60-15-7-9-40(56)48-39-25-52(4)41(49-39)37(55)18-27-17-35(50(2)23-27)42(57)47-30-20-36(51(3)24-30)44(59)54-14-12-28-19-29(45)10-11-34(28)54/h5-6,8,10-14,16-17,19-25,31H,7,9,15,18,45H2,1-4H3,(H,47,57)(H,48,56)/t31-/m0/s1. The largest absolute Gasteiger partial charge is 0.493 e. The zero-order valence-corrected chi connectivity index (χ0v) is 33.4. The van der Waals surface area contributed by atoms with E-state index in [0.29, 0.717) is 57.3 Å². The SMILES string of the molecule is Cc1cc2c(cc1OCCCC(=O)Nc1cn(C)c(C(=O)Cc3cc(C(=O)Nc4cc(C(=O)n5ccc6cc(N)ccc65)n(C)c4)n(C)c3)n1)N=C[C@@H]1C=CC=CN1C2=O. The highest BCUT2D eigenvalue weighted by atomic mass is 16.5. The van der Waals surface area contributed by atoms with Crippen LogP contribution in [0.1, 0.15) is 65.9 Å². The first-order valence-electron chi connectivity index (χ1n) is 19.2. The molecule has 1 atom stereocenters. The number of carbonyl (C=O) groups is 5. The molecule has 2 aliphatic heterocycles. The van der Waals surface area contributed by atoms with Crippen molar-refractivity contribution in [1.82, 2.24) is 28.2 Å². The lowest BCUT2D eigenvalue weighted by atomic mass is 10.1. The third kappa shape index (κ3) is 7.77. The Hall–Kier alpha value is -7.75. The second-order valence-electron chi connectivity index (χ2n) is 14.8. The van der Waals surface area contributed by atoms with Gasteiger partial charge in [-0.25, -0.2) is 4.98 Å². The average Bonchev–Trinajstić information content (AvgIpc) is 3.98. The molecule has 6 heterocycles. The van der Waals surface area contributed by atoms with Gasteiger partial charge in [0.1, 0.15) is 17.1 Å². The minimum absolute atomic E-state index is 0.0360. The minimum Gasteiger partial charge on any atom is -0.493 e. The number of imidazole rings is 1.